The zero-order valence-electron chi connectivity index (χ0n) is 14.3. The first-order chi connectivity index (χ1) is 12.2. The van der Waals surface area contributed by atoms with Crippen LogP contribution in [0.4, 0.5) is 4.39 Å². The van der Waals surface area contributed by atoms with Crippen molar-refractivity contribution in [1.29, 1.82) is 0 Å². The Balaban J connectivity index is 1.83. The van der Waals surface area contributed by atoms with Crippen molar-refractivity contribution in [3.8, 4) is 0 Å². The molecule has 0 aliphatic heterocycles. The Labute approximate surface area is 162 Å². The van der Waals surface area contributed by atoms with E-state index in [9.17, 15) is 17.9 Å². The highest BCUT2D eigenvalue weighted by Crippen LogP contribution is 2.44. The van der Waals surface area contributed by atoms with Crippen LogP contribution in [-0.4, -0.2) is 20.1 Å². The molecule has 142 valence electrons. The number of halogens is 2. The molecule has 2 N–H and O–H groups in total. The van der Waals surface area contributed by atoms with Crippen LogP contribution in [0.25, 0.3) is 0 Å². The van der Waals surface area contributed by atoms with Gasteiger partial charge in [-0.3, -0.25) is 0 Å². The van der Waals surface area contributed by atoms with E-state index in [4.69, 9.17) is 11.6 Å². The van der Waals surface area contributed by atoms with Crippen molar-refractivity contribution in [3.05, 3.63) is 50.9 Å². The number of aliphatic hydroxyl groups excluding tert-OH is 1. The van der Waals surface area contributed by atoms with Gasteiger partial charge in [0, 0.05) is 21.7 Å². The van der Waals surface area contributed by atoms with Crippen molar-refractivity contribution in [2.45, 2.75) is 49.0 Å². The fraction of sp³-hybridized carbons (Fsp3) is 0.444. The first-order valence-electron chi connectivity index (χ1n) is 8.46. The third kappa shape index (κ3) is 3.97. The number of thiophene rings is 1. The molecule has 3 rings (SSSR count). The van der Waals surface area contributed by atoms with Crippen LogP contribution in [0.5, 0.6) is 0 Å². The average molecular weight is 418 g/mol. The van der Waals surface area contributed by atoms with Crippen molar-refractivity contribution in [2.75, 3.05) is 6.54 Å². The lowest BCUT2D eigenvalue weighted by Gasteiger charge is -2.28. The summed E-state index contributed by atoms with van der Waals surface area (Å²) in [5.41, 5.74) is -0.269. The van der Waals surface area contributed by atoms with Gasteiger partial charge in [0.1, 0.15) is 5.82 Å². The number of aliphatic hydroxyl groups is 1. The first-order valence-corrected chi connectivity index (χ1v) is 11.1. The number of hydrogen-bond donors (Lipinski definition) is 2. The molecule has 2 aromatic rings. The summed E-state index contributed by atoms with van der Waals surface area (Å²) in [4.78, 5) is 1.91. The lowest BCUT2D eigenvalue weighted by atomic mass is 9.85. The van der Waals surface area contributed by atoms with Crippen molar-refractivity contribution in [2.24, 2.45) is 0 Å². The van der Waals surface area contributed by atoms with Crippen LogP contribution in [0.3, 0.4) is 0 Å². The Bertz CT molecular complexity index is 890. The van der Waals surface area contributed by atoms with E-state index in [-0.39, 0.29) is 21.9 Å². The lowest BCUT2D eigenvalue weighted by molar-refractivity contribution is 0.203. The summed E-state index contributed by atoms with van der Waals surface area (Å²) in [5.74, 6) is -0.651. The van der Waals surface area contributed by atoms with Crippen molar-refractivity contribution in [3.63, 3.8) is 0 Å². The minimum atomic E-state index is -3.79. The van der Waals surface area contributed by atoms with E-state index in [2.05, 4.69) is 4.72 Å². The summed E-state index contributed by atoms with van der Waals surface area (Å²) in [5, 5.41) is 9.56. The maximum absolute atomic E-state index is 13.3. The maximum atomic E-state index is 13.3. The minimum Gasteiger partial charge on any atom is -0.388 e. The van der Waals surface area contributed by atoms with Crippen LogP contribution < -0.4 is 4.72 Å². The molecule has 1 fully saturated rings. The molecule has 26 heavy (non-hydrogen) atoms. The van der Waals surface area contributed by atoms with Crippen LogP contribution in [0.15, 0.2) is 35.2 Å². The Kier molecular flexibility index (Phi) is 5.75. The molecular formula is C18H21ClFNO3S2. The van der Waals surface area contributed by atoms with E-state index >= 15 is 0 Å². The van der Waals surface area contributed by atoms with E-state index in [1.54, 1.807) is 6.92 Å². The third-order valence-electron chi connectivity index (χ3n) is 4.92. The van der Waals surface area contributed by atoms with Crippen LogP contribution in [0, 0.1) is 5.82 Å². The molecule has 1 heterocycles. The van der Waals surface area contributed by atoms with Crippen LogP contribution in [0.1, 0.15) is 48.5 Å². The van der Waals surface area contributed by atoms with Gasteiger partial charge >= 0.3 is 0 Å². The number of sulfonamides is 1. The standard InChI is InChI=1S/C18H21ClFNO3S2/c1-12(22)16-6-7-17(25-16)18(8-2-3-9-18)11-21-26(23,24)13-4-5-15(20)14(19)10-13/h4-7,10,12,21-22H,2-3,8-9,11H2,1H3/t12-/m0/s1. The first kappa shape index (κ1) is 19.8. The second-order valence-electron chi connectivity index (χ2n) is 6.77. The summed E-state index contributed by atoms with van der Waals surface area (Å²) in [6.45, 7) is 1.99. The number of benzene rings is 1. The van der Waals surface area contributed by atoms with Crippen molar-refractivity contribution in [1.82, 2.24) is 4.72 Å². The van der Waals surface area contributed by atoms with Gasteiger partial charge in [-0.2, -0.15) is 0 Å². The smallest absolute Gasteiger partial charge is 0.240 e. The van der Waals surface area contributed by atoms with E-state index in [1.807, 2.05) is 12.1 Å². The predicted octanol–water partition coefficient (Wildman–Crippen LogP) is 4.38. The monoisotopic (exact) mass is 417 g/mol. The molecular weight excluding hydrogens is 397 g/mol. The van der Waals surface area contributed by atoms with Gasteiger partial charge in [-0.05, 0) is 50.1 Å². The second-order valence-corrected chi connectivity index (χ2v) is 10.1. The summed E-state index contributed by atoms with van der Waals surface area (Å²) >= 11 is 7.25. The molecule has 1 aromatic carbocycles. The van der Waals surface area contributed by atoms with Crippen molar-refractivity contribution < 1.29 is 17.9 Å². The van der Waals surface area contributed by atoms with Gasteiger partial charge < -0.3 is 5.11 Å². The molecule has 0 unspecified atom stereocenters. The Morgan fingerprint density at radius 1 is 1.31 bits per heavy atom. The van der Waals surface area contributed by atoms with Gasteiger partial charge in [-0.1, -0.05) is 24.4 Å². The zero-order chi connectivity index (χ0) is 18.9. The Hall–Kier alpha value is -0.990. The molecule has 0 spiro atoms. The molecule has 1 atom stereocenters. The summed E-state index contributed by atoms with van der Waals surface area (Å²) in [6, 6.07) is 7.27. The molecule has 8 heteroatoms. The Morgan fingerprint density at radius 3 is 2.58 bits per heavy atom. The van der Waals surface area contributed by atoms with Crippen molar-refractivity contribution >= 4 is 33.0 Å². The van der Waals surface area contributed by atoms with Gasteiger partial charge in [0.05, 0.1) is 16.0 Å². The van der Waals surface area contributed by atoms with Gasteiger partial charge in [0.25, 0.3) is 0 Å². The molecule has 4 nitrogen and oxygen atoms in total. The number of nitrogens with one attached hydrogen (secondary N) is 1. The fourth-order valence-electron chi connectivity index (χ4n) is 3.38. The second kappa shape index (κ2) is 7.56. The zero-order valence-corrected chi connectivity index (χ0v) is 16.7. The highest BCUT2D eigenvalue weighted by atomic mass is 35.5. The van der Waals surface area contributed by atoms with Gasteiger partial charge in [-0.15, -0.1) is 11.3 Å². The normalized spacial score (nSPS) is 18.2. The summed E-state index contributed by atoms with van der Waals surface area (Å²) in [6.07, 6.45) is 3.31. The number of rotatable bonds is 6. The van der Waals surface area contributed by atoms with Gasteiger partial charge in [0.15, 0.2) is 0 Å². The maximum Gasteiger partial charge on any atom is 0.240 e. The molecule has 0 radical (unpaired) electrons. The quantitative estimate of drug-likeness (QED) is 0.732. The number of hydrogen-bond acceptors (Lipinski definition) is 4. The van der Waals surface area contributed by atoms with Crippen LogP contribution in [0.2, 0.25) is 5.02 Å². The lowest BCUT2D eigenvalue weighted by Crippen LogP contribution is -2.38. The van der Waals surface area contributed by atoms with Crippen LogP contribution in [-0.2, 0) is 15.4 Å². The summed E-state index contributed by atoms with van der Waals surface area (Å²) in [7, 11) is -3.79. The summed E-state index contributed by atoms with van der Waals surface area (Å²) < 4.78 is 41.2. The van der Waals surface area contributed by atoms with E-state index in [0.717, 1.165) is 47.6 Å². The molecule has 1 aliphatic carbocycles. The average Bonchev–Trinajstić information content (AvgIpc) is 3.25. The van der Waals surface area contributed by atoms with E-state index in [0.29, 0.717) is 0 Å². The fourth-order valence-corrected chi connectivity index (χ4v) is 5.97. The third-order valence-corrected chi connectivity index (χ3v) is 8.11. The van der Waals surface area contributed by atoms with E-state index < -0.39 is 21.9 Å². The topological polar surface area (TPSA) is 66.4 Å². The van der Waals surface area contributed by atoms with E-state index in [1.165, 1.54) is 17.4 Å². The molecule has 1 saturated carbocycles. The molecule has 0 amide bonds. The van der Waals surface area contributed by atoms with Gasteiger partial charge in [-0.25, -0.2) is 17.5 Å². The molecule has 0 saturated heterocycles. The SMILES string of the molecule is C[C@H](O)c1ccc(C2(CNS(=O)(=O)c3ccc(F)c(Cl)c3)CCCC2)s1. The molecule has 1 aromatic heterocycles. The molecule has 0 bridgehead atoms. The Morgan fingerprint density at radius 2 is 2.00 bits per heavy atom. The van der Waals surface area contributed by atoms with Gasteiger partial charge in [0.2, 0.25) is 10.0 Å². The predicted molar refractivity (Wildman–Crippen MR) is 102 cm³/mol. The van der Waals surface area contributed by atoms with Crippen LogP contribution >= 0.6 is 22.9 Å². The molecule has 1 aliphatic rings. The largest absolute Gasteiger partial charge is 0.388 e. The highest BCUT2D eigenvalue weighted by molar-refractivity contribution is 7.89. The minimum absolute atomic E-state index is 0.0482. The highest BCUT2D eigenvalue weighted by Gasteiger charge is 2.38.